The quantitative estimate of drug-likeness (QED) is 0.786. The molecule has 0 unspecified atom stereocenters. The first-order valence-corrected chi connectivity index (χ1v) is 7.23. The number of nitrogen functional groups attached to an aromatic ring is 1. The summed E-state index contributed by atoms with van der Waals surface area (Å²) >= 11 is 3.48. The summed E-state index contributed by atoms with van der Waals surface area (Å²) in [7, 11) is 4.24. The number of hydrogen-bond acceptors (Lipinski definition) is 3. The number of rotatable bonds is 7. The second kappa shape index (κ2) is 7.77. The lowest BCUT2D eigenvalue weighted by molar-refractivity contribution is 0.259. The van der Waals surface area contributed by atoms with Crippen molar-refractivity contribution in [3.63, 3.8) is 0 Å². The fourth-order valence-corrected chi connectivity index (χ4v) is 2.31. The minimum absolute atomic E-state index is 0.800. The predicted octanol–water partition coefficient (Wildman–Crippen LogP) is 2.80. The minimum Gasteiger partial charge on any atom is -0.398 e. The van der Waals surface area contributed by atoms with E-state index in [2.05, 4.69) is 58.9 Å². The van der Waals surface area contributed by atoms with Gasteiger partial charge >= 0.3 is 0 Å². The van der Waals surface area contributed by atoms with Crippen LogP contribution in [0, 0.1) is 0 Å². The van der Waals surface area contributed by atoms with Crippen LogP contribution in [-0.2, 0) is 6.54 Å². The standard InChI is InChI=1S/C14H24BrN3/c1-4-18(9-5-8-17(2)3)11-12-6-7-14(16)13(15)10-12/h6-7,10H,4-5,8-9,11,16H2,1-3H3. The van der Waals surface area contributed by atoms with E-state index in [0.29, 0.717) is 0 Å². The molecule has 0 atom stereocenters. The van der Waals surface area contributed by atoms with Gasteiger partial charge in [-0.15, -0.1) is 0 Å². The van der Waals surface area contributed by atoms with Gasteiger partial charge in [0.25, 0.3) is 0 Å². The molecule has 0 heterocycles. The van der Waals surface area contributed by atoms with Gasteiger partial charge in [0.2, 0.25) is 0 Å². The first-order valence-electron chi connectivity index (χ1n) is 6.44. The highest BCUT2D eigenvalue weighted by atomic mass is 79.9. The van der Waals surface area contributed by atoms with Gasteiger partial charge in [0.05, 0.1) is 0 Å². The molecular weight excluding hydrogens is 290 g/mol. The SMILES string of the molecule is CCN(CCCN(C)C)Cc1ccc(N)c(Br)c1. The molecule has 0 radical (unpaired) electrons. The highest BCUT2D eigenvalue weighted by Crippen LogP contribution is 2.21. The maximum atomic E-state index is 5.80. The molecule has 1 aromatic carbocycles. The van der Waals surface area contributed by atoms with E-state index in [-0.39, 0.29) is 0 Å². The Morgan fingerprint density at radius 3 is 2.50 bits per heavy atom. The molecular formula is C14H24BrN3. The maximum absolute atomic E-state index is 5.80. The average Bonchev–Trinajstić information content (AvgIpc) is 2.32. The van der Waals surface area contributed by atoms with E-state index in [0.717, 1.165) is 36.3 Å². The summed E-state index contributed by atoms with van der Waals surface area (Å²) in [6.45, 7) is 6.55. The van der Waals surface area contributed by atoms with Crippen LogP contribution in [0.2, 0.25) is 0 Å². The Morgan fingerprint density at radius 2 is 1.94 bits per heavy atom. The fraction of sp³-hybridized carbons (Fsp3) is 0.571. The Kier molecular flexibility index (Phi) is 6.68. The molecule has 0 spiro atoms. The molecule has 4 heteroatoms. The van der Waals surface area contributed by atoms with E-state index in [1.54, 1.807) is 0 Å². The number of nitrogens with zero attached hydrogens (tertiary/aromatic N) is 2. The number of benzene rings is 1. The molecule has 2 N–H and O–H groups in total. The van der Waals surface area contributed by atoms with Crippen LogP contribution in [0.1, 0.15) is 18.9 Å². The Balaban J connectivity index is 2.49. The normalized spacial score (nSPS) is 11.4. The summed E-state index contributed by atoms with van der Waals surface area (Å²) < 4.78 is 0.990. The van der Waals surface area contributed by atoms with E-state index in [1.165, 1.54) is 12.0 Å². The van der Waals surface area contributed by atoms with Crippen LogP contribution in [0.15, 0.2) is 22.7 Å². The van der Waals surface area contributed by atoms with Gasteiger partial charge in [0.15, 0.2) is 0 Å². The lowest BCUT2D eigenvalue weighted by Gasteiger charge is -2.21. The van der Waals surface area contributed by atoms with Gasteiger partial charge in [0.1, 0.15) is 0 Å². The monoisotopic (exact) mass is 313 g/mol. The Labute approximate surface area is 119 Å². The van der Waals surface area contributed by atoms with Crippen LogP contribution >= 0.6 is 15.9 Å². The van der Waals surface area contributed by atoms with Crippen molar-refractivity contribution in [3.8, 4) is 0 Å². The lowest BCUT2D eigenvalue weighted by Crippen LogP contribution is -2.26. The van der Waals surface area contributed by atoms with E-state index in [9.17, 15) is 0 Å². The van der Waals surface area contributed by atoms with Crippen LogP contribution < -0.4 is 5.73 Å². The fourth-order valence-electron chi connectivity index (χ4n) is 1.89. The van der Waals surface area contributed by atoms with Gasteiger partial charge < -0.3 is 10.6 Å². The van der Waals surface area contributed by atoms with Gasteiger partial charge in [-0.05, 0) is 73.8 Å². The largest absolute Gasteiger partial charge is 0.398 e. The molecule has 0 aliphatic carbocycles. The average molecular weight is 314 g/mol. The Bertz CT molecular complexity index is 366. The molecule has 0 aromatic heterocycles. The van der Waals surface area contributed by atoms with Gasteiger partial charge in [0, 0.05) is 16.7 Å². The van der Waals surface area contributed by atoms with Crippen molar-refractivity contribution < 1.29 is 0 Å². The van der Waals surface area contributed by atoms with Crippen LogP contribution in [0.25, 0.3) is 0 Å². The summed E-state index contributed by atoms with van der Waals surface area (Å²) in [6.07, 6.45) is 1.21. The zero-order valence-corrected chi connectivity index (χ0v) is 13.2. The molecule has 0 fully saturated rings. The van der Waals surface area contributed by atoms with Crippen LogP contribution in [0.5, 0.6) is 0 Å². The van der Waals surface area contributed by atoms with Gasteiger partial charge in [-0.25, -0.2) is 0 Å². The summed E-state index contributed by atoms with van der Waals surface area (Å²) in [5.41, 5.74) is 7.91. The van der Waals surface area contributed by atoms with Crippen molar-refractivity contribution in [1.29, 1.82) is 0 Å². The molecule has 0 amide bonds. The molecule has 1 aromatic rings. The lowest BCUT2D eigenvalue weighted by atomic mass is 10.2. The molecule has 0 aliphatic rings. The maximum Gasteiger partial charge on any atom is 0.0458 e. The number of anilines is 1. The van der Waals surface area contributed by atoms with Crippen LogP contribution in [0.4, 0.5) is 5.69 Å². The van der Waals surface area contributed by atoms with Crippen molar-refractivity contribution >= 4 is 21.6 Å². The minimum atomic E-state index is 0.800. The molecule has 0 saturated heterocycles. The topological polar surface area (TPSA) is 32.5 Å². The molecule has 0 aliphatic heterocycles. The van der Waals surface area contributed by atoms with E-state index in [1.807, 2.05) is 6.07 Å². The zero-order chi connectivity index (χ0) is 13.5. The summed E-state index contributed by atoms with van der Waals surface area (Å²) in [6, 6.07) is 6.19. The number of nitrogens with two attached hydrogens (primary N) is 1. The van der Waals surface area contributed by atoms with Crippen molar-refractivity contribution in [1.82, 2.24) is 9.80 Å². The second-order valence-electron chi connectivity index (χ2n) is 4.88. The molecule has 1 rings (SSSR count). The number of hydrogen-bond donors (Lipinski definition) is 1. The first-order chi connectivity index (χ1) is 8.52. The third-order valence-corrected chi connectivity index (χ3v) is 3.68. The second-order valence-corrected chi connectivity index (χ2v) is 5.74. The van der Waals surface area contributed by atoms with Crippen LogP contribution in [0.3, 0.4) is 0 Å². The van der Waals surface area contributed by atoms with E-state index in [4.69, 9.17) is 5.73 Å². The van der Waals surface area contributed by atoms with Gasteiger partial charge in [-0.3, -0.25) is 4.90 Å². The molecule has 18 heavy (non-hydrogen) atoms. The Hall–Kier alpha value is -0.580. The Morgan fingerprint density at radius 1 is 1.22 bits per heavy atom. The first kappa shape index (κ1) is 15.5. The van der Waals surface area contributed by atoms with Gasteiger partial charge in [-0.2, -0.15) is 0 Å². The highest BCUT2D eigenvalue weighted by molar-refractivity contribution is 9.10. The molecule has 3 nitrogen and oxygen atoms in total. The van der Waals surface area contributed by atoms with E-state index < -0.39 is 0 Å². The molecule has 0 saturated carbocycles. The van der Waals surface area contributed by atoms with Gasteiger partial charge in [-0.1, -0.05) is 13.0 Å². The summed E-state index contributed by atoms with van der Waals surface area (Å²) in [5, 5.41) is 0. The number of halogens is 1. The van der Waals surface area contributed by atoms with Crippen LogP contribution in [-0.4, -0.2) is 43.5 Å². The smallest absolute Gasteiger partial charge is 0.0458 e. The van der Waals surface area contributed by atoms with Crippen molar-refractivity contribution in [3.05, 3.63) is 28.2 Å². The predicted molar refractivity (Wildman–Crippen MR) is 82.7 cm³/mol. The van der Waals surface area contributed by atoms with Crippen molar-refractivity contribution in [2.24, 2.45) is 0 Å². The highest BCUT2D eigenvalue weighted by Gasteiger charge is 2.05. The zero-order valence-electron chi connectivity index (χ0n) is 11.6. The third-order valence-electron chi connectivity index (χ3n) is 3.00. The molecule has 102 valence electrons. The summed E-state index contributed by atoms with van der Waals surface area (Å²) in [5.74, 6) is 0. The van der Waals surface area contributed by atoms with Crippen molar-refractivity contribution in [2.75, 3.05) is 39.5 Å². The summed E-state index contributed by atoms with van der Waals surface area (Å²) in [4.78, 5) is 4.69. The molecule has 0 bridgehead atoms. The van der Waals surface area contributed by atoms with Crippen molar-refractivity contribution in [2.45, 2.75) is 19.9 Å². The van der Waals surface area contributed by atoms with E-state index >= 15 is 0 Å². The third kappa shape index (κ3) is 5.38.